The third kappa shape index (κ3) is 4.14. The molecule has 144 valence electrons. The number of piperidine rings is 1. The molecule has 1 aromatic carbocycles. The highest BCUT2D eigenvalue weighted by atomic mass is 35.5. The average molecular weight is 397 g/mol. The van der Waals surface area contributed by atoms with Crippen molar-refractivity contribution in [3.63, 3.8) is 0 Å². The first-order valence-electron chi connectivity index (χ1n) is 9.31. The van der Waals surface area contributed by atoms with E-state index in [9.17, 15) is 4.79 Å². The van der Waals surface area contributed by atoms with E-state index in [4.69, 9.17) is 11.6 Å². The number of H-pyrrole nitrogens is 1. The summed E-state index contributed by atoms with van der Waals surface area (Å²) >= 11 is 5.91. The molecule has 28 heavy (non-hydrogen) atoms. The van der Waals surface area contributed by atoms with Crippen LogP contribution >= 0.6 is 11.6 Å². The van der Waals surface area contributed by atoms with Crippen molar-refractivity contribution >= 4 is 29.2 Å². The van der Waals surface area contributed by atoms with Crippen molar-refractivity contribution in [3.8, 4) is 11.3 Å². The topological polar surface area (TPSA) is 86.8 Å². The van der Waals surface area contributed by atoms with Gasteiger partial charge in [0.25, 0.3) is 5.56 Å². The van der Waals surface area contributed by atoms with Gasteiger partial charge in [0, 0.05) is 41.6 Å². The predicted molar refractivity (Wildman–Crippen MR) is 111 cm³/mol. The molecule has 0 unspecified atom stereocenters. The Morgan fingerprint density at radius 3 is 2.57 bits per heavy atom. The zero-order valence-corrected chi connectivity index (χ0v) is 16.3. The normalized spacial score (nSPS) is 14.1. The van der Waals surface area contributed by atoms with Gasteiger partial charge in [-0.05, 0) is 50.5 Å². The van der Waals surface area contributed by atoms with Crippen LogP contribution in [0.25, 0.3) is 11.3 Å². The number of aromatic nitrogens is 4. The number of hydrogen-bond donors (Lipinski definition) is 2. The molecule has 1 aliphatic rings. The third-order valence-corrected chi connectivity index (χ3v) is 4.98. The number of nitrogens with one attached hydrogen (secondary N) is 2. The van der Waals surface area contributed by atoms with Crippen molar-refractivity contribution in [2.24, 2.45) is 0 Å². The van der Waals surface area contributed by atoms with Crippen molar-refractivity contribution in [2.45, 2.75) is 26.2 Å². The van der Waals surface area contributed by atoms with Crippen molar-refractivity contribution in [1.82, 2.24) is 19.9 Å². The second-order valence-electron chi connectivity index (χ2n) is 6.83. The second kappa shape index (κ2) is 7.98. The van der Waals surface area contributed by atoms with Crippen molar-refractivity contribution < 1.29 is 0 Å². The van der Waals surface area contributed by atoms with Crippen LogP contribution in [0.4, 0.5) is 17.6 Å². The van der Waals surface area contributed by atoms with Crippen LogP contribution in [0.2, 0.25) is 5.02 Å². The standard InChI is InChI=1S/C20H21ClN6O/c1-13-16(12-22-20(23-13)27-9-3-2-4-10-27)17-11-18(28)26-19(25-17)24-15-7-5-14(21)6-8-15/h5-8,11-12H,2-4,9-10H2,1H3,(H2,24,25,26,28). The highest BCUT2D eigenvalue weighted by molar-refractivity contribution is 6.30. The Bertz CT molecular complexity index is 1030. The molecule has 0 radical (unpaired) electrons. The monoisotopic (exact) mass is 396 g/mol. The first-order valence-corrected chi connectivity index (χ1v) is 9.69. The maximum atomic E-state index is 12.1. The maximum absolute atomic E-state index is 12.1. The number of halogens is 1. The zero-order valence-electron chi connectivity index (χ0n) is 15.6. The summed E-state index contributed by atoms with van der Waals surface area (Å²) in [5.41, 5.74) is 2.60. The summed E-state index contributed by atoms with van der Waals surface area (Å²) in [7, 11) is 0. The third-order valence-electron chi connectivity index (χ3n) is 4.73. The Kier molecular flexibility index (Phi) is 5.25. The van der Waals surface area contributed by atoms with E-state index in [0.29, 0.717) is 16.7 Å². The fraction of sp³-hybridized carbons (Fsp3) is 0.300. The molecule has 1 saturated heterocycles. The van der Waals surface area contributed by atoms with Gasteiger partial charge in [-0.15, -0.1) is 0 Å². The second-order valence-corrected chi connectivity index (χ2v) is 7.26. The van der Waals surface area contributed by atoms with Gasteiger partial charge in [-0.2, -0.15) is 0 Å². The molecule has 3 aromatic rings. The van der Waals surface area contributed by atoms with Crippen molar-refractivity contribution in [1.29, 1.82) is 0 Å². The van der Waals surface area contributed by atoms with Crippen LogP contribution in [0.1, 0.15) is 25.0 Å². The van der Waals surface area contributed by atoms with Crippen LogP contribution in [0.5, 0.6) is 0 Å². The number of benzene rings is 1. The summed E-state index contributed by atoms with van der Waals surface area (Å²) in [5, 5.41) is 3.73. The largest absolute Gasteiger partial charge is 0.341 e. The highest BCUT2D eigenvalue weighted by Crippen LogP contribution is 2.23. The zero-order chi connectivity index (χ0) is 19.5. The number of aromatic amines is 1. The average Bonchev–Trinajstić information content (AvgIpc) is 2.70. The Morgan fingerprint density at radius 2 is 1.86 bits per heavy atom. The molecule has 7 nitrogen and oxygen atoms in total. The van der Waals surface area contributed by atoms with Crippen LogP contribution in [-0.4, -0.2) is 33.0 Å². The molecule has 8 heteroatoms. The van der Waals surface area contributed by atoms with Crippen LogP contribution in [0.15, 0.2) is 41.3 Å². The molecule has 0 atom stereocenters. The molecule has 0 saturated carbocycles. The molecule has 0 spiro atoms. The Balaban J connectivity index is 1.62. The number of anilines is 3. The smallest absolute Gasteiger partial charge is 0.252 e. The number of rotatable bonds is 4. The Morgan fingerprint density at radius 1 is 1.11 bits per heavy atom. The minimum absolute atomic E-state index is 0.249. The summed E-state index contributed by atoms with van der Waals surface area (Å²) in [6.45, 7) is 3.88. The van der Waals surface area contributed by atoms with Gasteiger partial charge in [0.05, 0.1) is 11.4 Å². The van der Waals surface area contributed by atoms with Gasteiger partial charge in [-0.1, -0.05) is 11.6 Å². The fourth-order valence-corrected chi connectivity index (χ4v) is 3.40. The van der Waals surface area contributed by atoms with E-state index in [0.717, 1.165) is 36.0 Å². The molecule has 3 heterocycles. The highest BCUT2D eigenvalue weighted by Gasteiger charge is 2.16. The van der Waals surface area contributed by atoms with Gasteiger partial charge in [-0.3, -0.25) is 9.78 Å². The van der Waals surface area contributed by atoms with Gasteiger partial charge in [0.15, 0.2) is 0 Å². The quantitative estimate of drug-likeness (QED) is 0.695. The van der Waals surface area contributed by atoms with Crippen molar-refractivity contribution in [2.75, 3.05) is 23.3 Å². The van der Waals surface area contributed by atoms with Gasteiger partial charge in [0.2, 0.25) is 11.9 Å². The molecule has 4 rings (SSSR count). The molecule has 0 bridgehead atoms. The fourth-order valence-electron chi connectivity index (χ4n) is 3.28. The Hall–Kier alpha value is -2.93. The summed E-state index contributed by atoms with van der Waals surface area (Å²) in [5.74, 6) is 1.09. The van der Waals surface area contributed by atoms with Gasteiger partial charge in [-0.25, -0.2) is 15.0 Å². The number of hydrogen-bond acceptors (Lipinski definition) is 6. The molecule has 0 aliphatic carbocycles. The molecule has 2 aromatic heterocycles. The van der Waals surface area contributed by atoms with Crippen molar-refractivity contribution in [3.05, 3.63) is 57.6 Å². The maximum Gasteiger partial charge on any atom is 0.252 e. The van der Waals surface area contributed by atoms with Crippen LogP contribution < -0.4 is 15.8 Å². The first kappa shape index (κ1) is 18.4. The SMILES string of the molecule is Cc1nc(N2CCCCC2)ncc1-c1cc(=O)[nH]c(Nc2ccc(Cl)cc2)n1. The molecule has 2 N–H and O–H groups in total. The van der Waals surface area contributed by atoms with E-state index in [1.807, 2.05) is 19.1 Å². The number of nitrogens with zero attached hydrogens (tertiary/aromatic N) is 4. The van der Waals surface area contributed by atoms with E-state index in [-0.39, 0.29) is 5.56 Å². The molecule has 1 fully saturated rings. The lowest BCUT2D eigenvalue weighted by atomic mass is 10.1. The van der Waals surface area contributed by atoms with Crippen LogP contribution in [0, 0.1) is 6.92 Å². The Labute approximate surface area is 167 Å². The number of aryl methyl sites for hydroxylation is 1. The first-order chi connectivity index (χ1) is 13.6. The lowest BCUT2D eigenvalue weighted by molar-refractivity contribution is 0.568. The summed E-state index contributed by atoms with van der Waals surface area (Å²) in [4.78, 5) is 30.8. The lowest BCUT2D eigenvalue weighted by Crippen LogP contribution is -2.31. The van der Waals surface area contributed by atoms with E-state index in [1.54, 1.807) is 18.3 Å². The van der Waals surface area contributed by atoms with Gasteiger partial charge >= 0.3 is 0 Å². The van der Waals surface area contributed by atoms with Crippen LogP contribution in [-0.2, 0) is 0 Å². The molecular weight excluding hydrogens is 376 g/mol. The lowest BCUT2D eigenvalue weighted by Gasteiger charge is -2.26. The summed E-state index contributed by atoms with van der Waals surface area (Å²) in [6.07, 6.45) is 5.34. The minimum Gasteiger partial charge on any atom is -0.341 e. The van der Waals surface area contributed by atoms with E-state index >= 15 is 0 Å². The molecular formula is C20H21ClN6O. The predicted octanol–water partition coefficient (Wildman–Crippen LogP) is 3.92. The van der Waals surface area contributed by atoms with Gasteiger partial charge < -0.3 is 10.2 Å². The molecule has 1 aliphatic heterocycles. The van der Waals surface area contributed by atoms with E-state index < -0.39 is 0 Å². The van der Waals surface area contributed by atoms with Crippen LogP contribution in [0.3, 0.4) is 0 Å². The van der Waals surface area contributed by atoms with Gasteiger partial charge in [0.1, 0.15) is 0 Å². The van der Waals surface area contributed by atoms with E-state index in [1.165, 1.54) is 25.3 Å². The summed E-state index contributed by atoms with van der Waals surface area (Å²) in [6, 6.07) is 8.62. The molecule has 0 amide bonds. The minimum atomic E-state index is -0.249. The summed E-state index contributed by atoms with van der Waals surface area (Å²) < 4.78 is 0. The van der Waals surface area contributed by atoms with E-state index in [2.05, 4.69) is 30.2 Å².